The van der Waals surface area contributed by atoms with Crippen molar-refractivity contribution in [3.8, 4) is 0 Å². The quantitative estimate of drug-likeness (QED) is 0.662. The van der Waals surface area contributed by atoms with E-state index in [-0.39, 0.29) is 6.42 Å². The molecule has 0 aliphatic heterocycles. The van der Waals surface area contributed by atoms with Crippen LogP contribution in [-0.4, -0.2) is 21.1 Å². The minimum Gasteiger partial charge on any atom is -0.291 e. The highest BCUT2D eigenvalue weighted by molar-refractivity contribution is 7.81. The molecule has 0 heterocycles. The molecule has 0 spiro atoms. The van der Waals surface area contributed by atoms with Crippen LogP contribution in [0.2, 0.25) is 0 Å². The Labute approximate surface area is 108 Å². The predicted molar refractivity (Wildman–Crippen MR) is 74.0 cm³/mol. The van der Waals surface area contributed by atoms with Crippen molar-refractivity contribution < 1.29 is 14.6 Å². The van der Waals surface area contributed by atoms with E-state index in [4.69, 9.17) is 5.73 Å². The number of hydrogen-bond donors (Lipinski definition) is 3. The van der Waals surface area contributed by atoms with Gasteiger partial charge in [-0.25, -0.2) is 14.6 Å². The van der Waals surface area contributed by atoms with Crippen molar-refractivity contribution in [3.05, 3.63) is 35.9 Å². The molecule has 18 heavy (non-hydrogen) atoms. The summed E-state index contributed by atoms with van der Waals surface area (Å²) in [7, 11) is -3.68. The Hall–Kier alpha value is -0.800. The van der Waals surface area contributed by atoms with Gasteiger partial charge in [0.2, 0.25) is 0 Å². The lowest BCUT2D eigenvalue weighted by Crippen LogP contribution is -2.30. The predicted octanol–water partition coefficient (Wildman–Crippen LogP) is 2.06. The Morgan fingerprint density at radius 3 is 2.50 bits per heavy atom. The summed E-state index contributed by atoms with van der Waals surface area (Å²) in [5.74, 6) is -0.899. The van der Waals surface area contributed by atoms with E-state index in [1.165, 1.54) is 0 Å². The molecule has 0 fully saturated rings. The Bertz CT molecular complexity index is 381. The Balaban J connectivity index is 2.64. The Kier molecular flexibility index (Phi) is 5.89. The van der Waals surface area contributed by atoms with E-state index in [1.54, 1.807) is 0 Å². The van der Waals surface area contributed by atoms with Crippen LogP contribution in [0.15, 0.2) is 30.3 Å². The molecular weight excluding hydrogens is 249 g/mol. The maximum Gasteiger partial charge on any atom is 0.354 e. The van der Waals surface area contributed by atoms with Gasteiger partial charge in [-0.15, -0.1) is 0 Å². The van der Waals surface area contributed by atoms with Crippen LogP contribution in [0.5, 0.6) is 0 Å². The lowest BCUT2D eigenvalue weighted by molar-refractivity contribution is -0.113. The zero-order chi connectivity index (χ0) is 13.6. The van der Waals surface area contributed by atoms with Crippen LogP contribution in [0.25, 0.3) is 0 Å². The lowest BCUT2D eigenvalue weighted by atomic mass is 10.1. The Morgan fingerprint density at radius 1 is 1.33 bits per heavy atom. The summed E-state index contributed by atoms with van der Waals surface area (Å²) in [6.45, 7) is 1.95. The van der Waals surface area contributed by atoms with Crippen molar-refractivity contribution >= 4 is 13.2 Å². The average Bonchev–Trinajstić information content (AvgIpc) is 2.36. The van der Waals surface area contributed by atoms with Crippen molar-refractivity contribution in [2.24, 2.45) is 5.73 Å². The molecule has 0 radical (unpaired) electrons. The van der Waals surface area contributed by atoms with Crippen LogP contribution >= 0.6 is 7.72 Å². The number of nitrogens with two attached hydrogens (primary N) is 1. The fraction of sp³-hybridized carbons (Fsp3) is 0.462. The number of carbonyl (C=O) groups is 1. The van der Waals surface area contributed by atoms with Gasteiger partial charge in [-0.05, 0) is 12.0 Å². The molecule has 0 saturated heterocycles. The first kappa shape index (κ1) is 15.3. The fourth-order valence-corrected chi connectivity index (χ4v) is 2.98. The third-order valence-electron chi connectivity index (χ3n) is 2.86. The summed E-state index contributed by atoms with van der Waals surface area (Å²) < 4.78 is 0. The summed E-state index contributed by atoms with van der Waals surface area (Å²) in [5, 5.41) is 0. The molecule has 5 heteroatoms. The number of hydrogen-bond acceptors (Lipinski definition) is 4. The first-order valence-electron chi connectivity index (χ1n) is 6.15. The topological polar surface area (TPSA) is 83.5 Å². The van der Waals surface area contributed by atoms with Gasteiger partial charge in [0.15, 0.2) is 5.78 Å². The molecule has 1 atom stereocenters. The van der Waals surface area contributed by atoms with E-state index >= 15 is 0 Å². The van der Waals surface area contributed by atoms with Crippen LogP contribution in [-0.2, 0) is 11.2 Å². The van der Waals surface area contributed by atoms with Crippen molar-refractivity contribution in [3.63, 3.8) is 0 Å². The summed E-state index contributed by atoms with van der Waals surface area (Å²) in [6, 6.07) is 9.31. The number of rotatable bonds is 7. The number of benzene rings is 1. The van der Waals surface area contributed by atoms with E-state index in [0.29, 0.717) is 12.8 Å². The van der Waals surface area contributed by atoms with E-state index in [9.17, 15) is 14.6 Å². The highest BCUT2D eigenvalue weighted by Gasteiger charge is 2.49. The molecule has 0 aliphatic rings. The molecule has 0 aromatic heterocycles. The van der Waals surface area contributed by atoms with Gasteiger partial charge < -0.3 is 0 Å². The van der Waals surface area contributed by atoms with Gasteiger partial charge in [0, 0.05) is 6.42 Å². The molecule has 1 rings (SSSR count). The van der Waals surface area contributed by atoms with Crippen LogP contribution in [0, 0.1) is 0 Å². The third kappa shape index (κ3) is 4.14. The smallest absolute Gasteiger partial charge is 0.291 e. The largest absolute Gasteiger partial charge is 0.354 e. The third-order valence-corrected chi connectivity index (χ3v) is 4.93. The summed E-state index contributed by atoms with van der Waals surface area (Å²) in [5.41, 5.74) is 6.20. The molecule has 0 saturated carbocycles. The Morgan fingerprint density at radius 2 is 1.94 bits per heavy atom. The molecule has 0 aliphatic carbocycles. The van der Waals surface area contributed by atoms with Gasteiger partial charge in [-0.1, -0.05) is 43.7 Å². The molecule has 1 unspecified atom stereocenters. The highest BCUT2D eigenvalue weighted by Crippen LogP contribution is 2.55. The molecular formula is C13H21NO3P+. The summed E-state index contributed by atoms with van der Waals surface area (Å²) >= 11 is 0. The second-order valence-corrected chi connectivity index (χ2v) is 6.86. The van der Waals surface area contributed by atoms with Gasteiger partial charge in [-0.2, -0.15) is 0 Å². The summed E-state index contributed by atoms with van der Waals surface area (Å²) in [6.07, 6.45) is 2.01. The van der Waals surface area contributed by atoms with Gasteiger partial charge in [0.25, 0.3) is 0 Å². The minimum absolute atomic E-state index is 0.194. The molecule has 4 nitrogen and oxygen atoms in total. The number of carbonyl (C=O) groups excluding carboxylic acids is 1. The average molecular weight is 270 g/mol. The van der Waals surface area contributed by atoms with Gasteiger partial charge in [-0.3, -0.25) is 5.73 Å². The first-order valence-corrected chi connectivity index (χ1v) is 7.92. The minimum atomic E-state index is -3.68. The standard InChI is InChI=1S/C13H21NO3P/c1-2-3-9-13(15)18(16,17)12(14)10-11-7-5-4-6-8-11/h4-8,12,16-17H,2-3,9-10,14H2,1H3/q+1. The SMILES string of the molecule is CCCCC(=O)[P+](O)(O)C(N)Cc1ccccc1. The molecule has 4 N–H and O–H groups in total. The van der Waals surface area contributed by atoms with Crippen molar-refractivity contribution in [1.29, 1.82) is 0 Å². The first-order chi connectivity index (χ1) is 8.48. The van der Waals surface area contributed by atoms with Crippen LogP contribution in [0.3, 0.4) is 0 Å². The second kappa shape index (κ2) is 6.95. The maximum atomic E-state index is 11.7. The van der Waals surface area contributed by atoms with E-state index in [0.717, 1.165) is 12.0 Å². The van der Waals surface area contributed by atoms with Gasteiger partial charge in [0.1, 0.15) is 0 Å². The maximum absolute atomic E-state index is 11.7. The van der Waals surface area contributed by atoms with Crippen molar-refractivity contribution in [2.45, 2.75) is 38.4 Å². The monoisotopic (exact) mass is 270 g/mol. The zero-order valence-corrected chi connectivity index (χ0v) is 11.5. The van der Waals surface area contributed by atoms with Crippen LogP contribution in [0.1, 0.15) is 31.7 Å². The molecule has 0 bridgehead atoms. The molecule has 0 amide bonds. The van der Waals surface area contributed by atoms with E-state index in [1.807, 2.05) is 37.3 Å². The summed E-state index contributed by atoms with van der Waals surface area (Å²) in [4.78, 5) is 31.6. The van der Waals surface area contributed by atoms with Crippen molar-refractivity contribution in [1.82, 2.24) is 0 Å². The zero-order valence-electron chi connectivity index (χ0n) is 10.6. The van der Waals surface area contributed by atoms with E-state index < -0.39 is 19.0 Å². The molecule has 1 aromatic carbocycles. The van der Waals surface area contributed by atoms with Crippen LogP contribution < -0.4 is 5.73 Å². The second-order valence-electron chi connectivity index (χ2n) is 4.40. The normalized spacial score (nSPS) is 13.3. The van der Waals surface area contributed by atoms with E-state index in [2.05, 4.69) is 0 Å². The van der Waals surface area contributed by atoms with Crippen molar-refractivity contribution in [2.75, 3.05) is 0 Å². The molecule has 100 valence electrons. The van der Waals surface area contributed by atoms with Gasteiger partial charge in [0.05, 0.1) is 6.42 Å². The lowest BCUT2D eigenvalue weighted by Gasteiger charge is -2.17. The van der Waals surface area contributed by atoms with Crippen LogP contribution in [0.4, 0.5) is 0 Å². The van der Waals surface area contributed by atoms with Gasteiger partial charge >= 0.3 is 13.2 Å². The fourth-order valence-electron chi connectivity index (χ4n) is 1.66. The number of unbranched alkanes of at least 4 members (excludes halogenated alkanes) is 1. The highest BCUT2D eigenvalue weighted by atomic mass is 31.2. The molecule has 1 aromatic rings.